The second-order valence-electron chi connectivity index (χ2n) is 7.97. The van der Waals surface area contributed by atoms with Crippen LogP contribution < -0.4 is 5.32 Å². The van der Waals surface area contributed by atoms with Crippen molar-refractivity contribution in [2.75, 3.05) is 5.32 Å². The number of allylic oxidation sites excluding steroid dienone is 2. The van der Waals surface area contributed by atoms with Crippen LogP contribution >= 0.6 is 0 Å². The number of ketones is 1. The van der Waals surface area contributed by atoms with E-state index >= 15 is 0 Å². The van der Waals surface area contributed by atoms with E-state index in [1.807, 2.05) is 61.5 Å². The minimum atomic E-state index is -4.68. The average Bonchev–Trinajstić information content (AvgIpc) is 3.18. The zero-order chi connectivity index (χ0) is 21.8. The van der Waals surface area contributed by atoms with Crippen molar-refractivity contribution in [3.05, 3.63) is 88.4 Å². The fraction of sp³-hybridized carbons (Fsp3) is 0.261. The molecule has 0 saturated heterocycles. The van der Waals surface area contributed by atoms with Crippen molar-refractivity contribution in [1.82, 2.24) is 14.8 Å². The molecule has 31 heavy (non-hydrogen) atoms. The van der Waals surface area contributed by atoms with Crippen molar-refractivity contribution < 1.29 is 18.0 Å². The number of benzene rings is 2. The zero-order valence-corrected chi connectivity index (χ0v) is 16.6. The summed E-state index contributed by atoms with van der Waals surface area (Å²) in [7, 11) is 0. The van der Waals surface area contributed by atoms with Crippen molar-refractivity contribution >= 4 is 11.7 Å². The Morgan fingerprint density at radius 3 is 2.39 bits per heavy atom. The Hall–Kier alpha value is -3.42. The van der Waals surface area contributed by atoms with Gasteiger partial charge in [-0.1, -0.05) is 60.2 Å². The molecule has 1 N–H and O–H groups in total. The van der Waals surface area contributed by atoms with Gasteiger partial charge in [0.25, 0.3) is 5.82 Å². The molecular formula is C23H19F3N4O. The fourth-order valence-electron chi connectivity index (χ4n) is 4.35. The maximum absolute atomic E-state index is 13.3. The molecule has 0 saturated carbocycles. The summed E-state index contributed by atoms with van der Waals surface area (Å²) in [6.07, 6.45) is -3.87. The number of carbonyl (C=O) groups excluding carboxylic acids is 1. The summed E-state index contributed by atoms with van der Waals surface area (Å²) in [5.41, 5.74) is 3.82. The van der Waals surface area contributed by atoms with Gasteiger partial charge in [-0.2, -0.15) is 18.2 Å². The van der Waals surface area contributed by atoms with Crippen molar-refractivity contribution in [3.8, 4) is 0 Å². The van der Waals surface area contributed by atoms with Gasteiger partial charge in [-0.05, 0) is 30.4 Å². The standard InChI is InChI=1S/C23H19F3N4O/c1-13-7-9-15(10-8-13)20-19-17(27-22-28-21(23(24,25)26)29-30(20)22)11-16(12-18(19)31)14-5-3-2-4-6-14/h2-10,16,20H,11-12H2,1H3,(H,27,28,29). The largest absolute Gasteiger partial charge is 0.453 e. The van der Waals surface area contributed by atoms with Gasteiger partial charge in [0.05, 0.1) is 0 Å². The fourth-order valence-corrected chi connectivity index (χ4v) is 4.35. The van der Waals surface area contributed by atoms with Crippen molar-refractivity contribution in [3.63, 3.8) is 0 Å². The number of nitrogens with zero attached hydrogens (tertiary/aromatic N) is 3. The third-order valence-electron chi connectivity index (χ3n) is 5.84. The Bertz CT molecular complexity index is 1180. The second-order valence-corrected chi connectivity index (χ2v) is 7.97. The normalized spacial score (nSPS) is 20.8. The number of aromatic nitrogens is 3. The predicted molar refractivity (Wildman–Crippen MR) is 108 cm³/mol. The molecule has 2 heterocycles. The summed E-state index contributed by atoms with van der Waals surface area (Å²) in [6.45, 7) is 1.93. The van der Waals surface area contributed by atoms with E-state index in [2.05, 4.69) is 15.4 Å². The molecule has 2 aromatic carbocycles. The van der Waals surface area contributed by atoms with Gasteiger partial charge in [-0.3, -0.25) is 4.79 Å². The lowest BCUT2D eigenvalue weighted by Gasteiger charge is -2.35. The highest BCUT2D eigenvalue weighted by molar-refractivity contribution is 6.00. The molecule has 5 nitrogen and oxygen atoms in total. The number of hydrogen-bond acceptors (Lipinski definition) is 4. The summed E-state index contributed by atoms with van der Waals surface area (Å²) in [5.74, 6) is -1.37. The molecule has 1 aliphatic heterocycles. The minimum absolute atomic E-state index is 0.00170. The van der Waals surface area contributed by atoms with Crippen LogP contribution in [0.15, 0.2) is 65.9 Å². The molecule has 8 heteroatoms. The molecule has 3 aromatic rings. The summed E-state index contributed by atoms with van der Waals surface area (Å²) in [6, 6.07) is 16.3. The van der Waals surface area contributed by atoms with E-state index in [4.69, 9.17) is 0 Å². The molecule has 2 atom stereocenters. The van der Waals surface area contributed by atoms with E-state index in [0.29, 0.717) is 29.7 Å². The Balaban J connectivity index is 1.63. The average molecular weight is 424 g/mol. The van der Waals surface area contributed by atoms with E-state index in [0.717, 1.165) is 11.1 Å². The summed E-state index contributed by atoms with van der Waals surface area (Å²) >= 11 is 0. The second kappa shape index (κ2) is 7.08. The number of fused-ring (bicyclic) bond motifs is 1. The van der Waals surface area contributed by atoms with E-state index in [-0.39, 0.29) is 17.6 Å². The Labute approximate surface area is 176 Å². The lowest BCUT2D eigenvalue weighted by molar-refractivity contribution is -0.145. The third kappa shape index (κ3) is 3.41. The van der Waals surface area contributed by atoms with E-state index in [1.165, 1.54) is 4.68 Å². The number of alkyl halides is 3. The van der Waals surface area contributed by atoms with Crippen LogP contribution in [0.2, 0.25) is 0 Å². The summed E-state index contributed by atoms with van der Waals surface area (Å²) < 4.78 is 41.2. The van der Waals surface area contributed by atoms with Gasteiger partial charge in [0.15, 0.2) is 5.78 Å². The first-order valence-corrected chi connectivity index (χ1v) is 10.00. The van der Waals surface area contributed by atoms with Gasteiger partial charge in [-0.15, -0.1) is 5.10 Å². The Morgan fingerprint density at radius 2 is 1.71 bits per heavy atom. The lowest BCUT2D eigenvalue weighted by Crippen LogP contribution is -2.33. The maximum Gasteiger partial charge on any atom is 0.453 e. The van der Waals surface area contributed by atoms with Gasteiger partial charge >= 0.3 is 6.18 Å². The van der Waals surface area contributed by atoms with Crippen LogP contribution in [0.25, 0.3) is 0 Å². The first-order chi connectivity index (χ1) is 14.8. The van der Waals surface area contributed by atoms with Crippen molar-refractivity contribution in [2.45, 2.75) is 37.9 Å². The maximum atomic E-state index is 13.3. The first kappa shape index (κ1) is 19.5. The molecule has 0 amide bonds. The lowest BCUT2D eigenvalue weighted by atomic mass is 9.78. The molecule has 0 radical (unpaired) electrons. The molecule has 158 valence electrons. The van der Waals surface area contributed by atoms with Crippen molar-refractivity contribution in [2.24, 2.45) is 0 Å². The van der Waals surface area contributed by atoms with Crippen LogP contribution in [0.3, 0.4) is 0 Å². The van der Waals surface area contributed by atoms with Crippen LogP contribution in [0.1, 0.15) is 47.3 Å². The molecule has 1 aromatic heterocycles. The highest BCUT2D eigenvalue weighted by Crippen LogP contribution is 2.44. The summed E-state index contributed by atoms with van der Waals surface area (Å²) in [4.78, 5) is 17.0. The molecule has 0 spiro atoms. The smallest absolute Gasteiger partial charge is 0.328 e. The van der Waals surface area contributed by atoms with Crippen LogP contribution in [-0.2, 0) is 11.0 Å². The number of halogens is 3. The number of rotatable bonds is 2. The molecular weight excluding hydrogens is 405 g/mol. The van der Waals surface area contributed by atoms with Crippen molar-refractivity contribution in [1.29, 1.82) is 0 Å². The van der Waals surface area contributed by atoms with E-state index < -0.39 is 18.0 Å². The van der Waals surface area contributed by atoms with Gasteiger partial charge in [0.1, 0.15) is 6.04 Å². The number of hydrogen-bond donors (Lipinski definition) is 1. The number of nitrogens with one attached hydrogen (secondary N) is 1. The zero-order valence-electron chi connectivity index (χ0n) is 16.6. The monoisotopic (exact) mass is 424 g/mol. The Kier molecular flexibility index (Phi) is 4.46. The number of carbonyl (C=O) groups is 1. The SMILES string of the molecule is Cc1ccc(C2C3=C(CC(c4ccccc4)CC3=O)Nc3nc(C(F)(F)F)nn32)cc1. The topological polar surface area (TPSA) is 59.8 Å². The van der Waals surface area contributed by atoms with Crippen LogP contribution in [0.4, 0.5) is 19.1 Å². The molecule has 5 rings (SSSR count). The van der Waals surface area contributed by atoms with E-state index in [1.54, 1.807) is 0 Å². The van der Waals surface area contributed by atoms with Gasteiger partial charge in [-0.25, -0.2) is 4.68 Å². The summed E-state index contributed by atoms with van der Waals surface area (Å²) in [5, 5.41) is 6.72. The predicted octanol–water partition coefficient (Wildman–Crippen LogP) is 5.02. The molecule has 1 aliphatic carbocycles. The van der Waals surface area contributed by atoms with E-state index in [9.17, 15) is 18.0 Å². The van der Waals surface area contributed by atoms with Gasteiger partial charge in [0, 0.05) is 17.7 Å². The molecule has 0 fully saturated rings. The quantitative estimate of drug-likeness (QED) is 0.628. The first-order valence-electron chi connectivity index (χ1n) is 10.00. The van der Waals surface area contributed by atoms with Crippen LogP contribution in [0, 0.1) is 6.92 Å². The number of Topliss-reactive ketones (excluding diaryl/α,β-unsaturated/α-hetero) is 1. The minimum Gasteiger partial charge on any atom is -0.328 e. The third-order valence-corrected chi connectivity index (χ3v) is 5.84. The number of anilines is 1. The van der Waals surface area contributed by atoms with Crippen LogP contribution in [0.5, 0.6) is 0 Å². The van der Waals surface area contributed by atoms with Gasteiger partial charge in [0.2, 0.25) is 5.95 Å². The Morgan fingerprint density at radius 1 is 1.00 bits per heavy atom. The highest BCUT2D eigenvalue weighted by Gasteiger charge is 2.43. The molecule has 0 bridgehead atoms. The molecule has 2 aliphatic rings. The van der Waals surface area contributed by atoms with Crippen LogP contribution in [-0.4, -0.2) is 20.5 Å². The molecule has 2 unspecified atom stereocenters. The van der Waals surface area contributed by atoms with Gasteiger partial charge < -0.3 is 5.32 Å². The highest BCUT2D eigenvalue weighted by atomic mass is 19.4. The number of aryl methyl sites for hydroxylation is 1.